The van der Waals surface area contributed by atoms with Crippen LogP contribution in [0.3, 0.4) is 0 Å². The fourth-order valence-electron chi connectivity index (χ4n) is 3.14. The molecule has 0 aromatic heterocycles. The van der Waals surface area contributed by atoms with E-state index in [9.17, 15) is 4.39 Å². The molecule has 0 spiro atoms. The Hall–Kier alpha value is -1.09. The molecular weight excluding hydrogens is 308 g/mol. The van der Waals surface area contributed by atoms with Gasteiger partial charge in [-0.05, 0) is 49.3 Å². The van der Waals surface area contributed by atoms with Crippen LogP contribution in [0.2, 0.25) is 5.02 Å². The van der Waals surface area contributed by atoms with E-state index in [4.69, 9.17) is 11.6 Å². The minimum absolute atomic E-state index is 0. The lowest BCUT2D eigenvalue weighted by atomic mass is 9.93. The lowest BCUT2D eigenvalue weighted by Gasteiger charge is -2.20. The highest BCUT2D eigenvalue weighted by Gasteiger charge is 2.32. The molecule has 1 aliphatic carbocycles. The summed E-state index contributed by atoms with van der Waals surface area (Å²) < 4.78 is 13.3. The molecular formula is C17H18Cl2FN. The van der Waals surface area contributed by atoms with Crippen molar-refractivity contribution in [2.45, 2.75) is 18.4 Å². The summed E-state index contributed by atoms with van der Waals surface area (Å²) in [6.07, 6.45) is 1.01. The van der Waals surface area contributed by atoms with Gasteiger partial charge in [0.25, 0.3) is 0 Å². The molecule has 21 heavy (non-hydrogen) atoms. The number of nitrogens with zero attached hydrogens (tertiary/aromatic N) is 1. The predicted octanol–water partition coefficient (Wildman–Crippen LogP) is 5.04. The quantitative estimate of drug-likeness (QED) is 0.747. The van der Waals surface area contributed by atoms with Crippen LogP contribution in [-0.4, -0.2) is 19.0 Å². The van der Waals surface area contributed by atoms with Crippen molar-refractivity contribution in [1.29, 1.82) is 0 Å². The molecule has 0 fully saturated rings. The molecule has 4 heteroatoms. The highest BCUT2D eigenvalue weighted by Crippen LogP contribution is 2.46. The molecule has 2 unspecified atom stereocenters. The van der Waals surface area contributed by atoms with Crippen LogP contribution in [0.1, 0.15) is 35.1 Å². The van der Waals surface area contributed by atoms with Crippen molar-refractivity contribution >= 4 is 24.0 Å². The van der Waals surface area contributed by atoms with Crippen LogP contribution in [0.5, 0.6) is 0 Å². The first kappa shape index (κ1) is 16.3. The third kappa shape index (κ3) is 2.94. The van der Waals surface area contributed by atoms with E-state index in [0.717, 1.165) is 12.0 Å². The number of fused-ring (bicyclic) bond motifs is 1. The zero-order valence-electron chi connectivity index (χ0n) is 12.0. The summed E-state index contributed by atoms with van der Waals surface area (Å²) in [5, 5.41) is 0.202. The summed E-state index contributed by atoms with van der Waals surface area (Å²) in [5.74, 6) is -0.0671. The Morgan fingerprint density at radius 3 is 2.38 bits per heavy atom. The summed E-state index contributed by atoms with van der Waals surface area (Å²) in [6.45, 7) is 0. The Bertz CT molecular complexity index is 642. The monoisotopic (exact) mass is 325 g/mol. The number of halogens is 3. The van der Waals surface area contributed by atoms with Crippen LogP contribution in [0, 0.1) is 5.82 Å². The standard InChI is InChI=1S/C17H17ClFN.ClH/c1-20(2)17-10-14(12-5-3-4-6-13(12)17)11-7-8-16(19)15(18)9-11;/h3-9,14,17H,10H2,1-2H3;1H. The van der Waals surface area contributed by atoms with E-state index in [0.29, 0.717) is 6.04 Å². The zero-order valence-corrected chi connectivity index (χ0v) is 13.6. The zero-order chi connectivity index (χ0) is 14.3. The topological polar surface area (TPSA) is 3.24 Å². The molecule has 0 amide bonds. The molecule has 2 aromatic rings. The van der Waals surface area contributed by atoms with Gasteiger partial charge in [0.2, 0.25) is 0 Å². The maximum absolute atomic E-state index is 13.3. The van der Waals surface area contributed by atoms with E-state index in [2.05, 4.69) is 43.3 Å². The van der Waals surface area contributed by atoms with Gasteiger partial charge in [0, 0.05) is 12.0 Å². The molecule has 1 nitrogen and oxygen atoms in total. The predicted molar refractivity (Wildman–Crippen MR) is 88.0 cm³/mol. The second-order valence-corrected chi connectivity index (χ2v) is 5.98. The van der Waals surface area contributed by atoms with Gasteiger partial charge in [-0.25, -0.2) is 4.39 Å². The van der Waals surface area contributed by atoms with Gasteiger partial charge in [0.05, 0.1) is 5.02 Å². The van der Waals surface area contributed by atoms with Crippen molar-refractivity contribution in [3.8, 4) is 0 Å². The van der Waals surface area contributed by atoms with Gasteiger partial charge < -0.3 is 4.90 Å². The van der Waals surface area contributed by atoms with Crippen molar-refractivity contribution in [3.63, 3.8) is 0 Å². The molecule has 0 heterocycles. The lowest BCUT2D eigenvalue weighted by Crippen LogP contribution is -2.17. The van der Waals surface area contributed by atoms with Gasteiger partial charge in [-0.15, -0.1) is 12.4 Å². The average molecular weight is 326 g/mol. The largest absolute Gasteiger partial charge is 0.302 e. The van der Waals surface area contributed by atoms with E-state index < -0.39 is 0 Å². The van der Waals surface area contributed by atoms with Crippen LogP contribution in [-0.2, 0) is 0 Å². The molecule has 3 rings (SSSR count). The van der Waals surface area contributed by atoms with Crippen LogP contribution in [0.25, 0.3) is 0 Å². The Morgan fingerprint density at radius 2 is 1.76 bits per heavy atom. The Morgan fingerprint density at radius 1 is 1.10 bits per heavy atom. The number of hydrogen-bond acceptors (Lipinski definition) is 1. The second-order valence-electron chi connectivity index (χ2n) is 5.57. The van der Waals surface area contributed by atoms with Crippen LogP contribution in [0.15, 0.2) is 42.5 Å². The van der Waals surface area contributed by atoms with E-state index in [1.54, 1.807) is 6.07 Å². The summed E-state index contributed by atoms with van der Waals surface area (Å²) in [5.41, 5.74) is 3.78. The highest BCUT2D eigenvalue weighted by molar-refractivity contribution is 6.30. The molecule has 0 radical (unpaired) electrons. The fourth-order valence-corrected chi connectivity index (χ4v) is 3.33. The van der Waals surface area contributed by atoms with Crippen LogP contribution < -0.4 is 0 Å². The molecule has 2 aromatic carbocycles. The maximum atomic E-state index is 13.3. The average Bonchev–Trinajstić information content (AvgIpc) is 2.82. The van der Waals surface area contributed by atoms with E-state index in [-0.39, 0.29) is 29.2 Å². The van der Waals surface area contributed by atoms with E-state index in [1.165, 1.54) is 17.2 Å². The minimum atomic E-state index is -0.356. The fraction of sp³-hybridized carbons (Fsp3) is 0.294. The number of hydrogen-bond donors (Lipinski definition) is 0. The molecule has 0 bridgehead atoms. The first-order valence-corrected chi connectivity index (χ1v) is 7.16. The van der Waals surface area contributed by atoms with E-state index >= 15 is 0 Å². The third-order valence-corrected chi connectivity index (χ3v) is 4.45. The van der Waals surface area contributed by atoms with E-state index in [1.807, 2.05) is 6.07 Å². The lowest BCUT2D eigenvalue weighted by molar-refractivity contribution is 0.293. The first-order valence-electron chi connectivity index (χ1n) is 6.78. The van der Waals surface area contributed by atoms with Gasteiger partial charge in [-0.1, -0.05) is 41.9 Å². The normalized spacial score (nSPS) is 20.2. The van der Waals surface area contributed by atoms with Crippen LogP contribution >= 0.6 is 24.0 Å². The van der Waals surface area contributed by atoms with Crippen molar-refractivity contribution in [1.82, 2.24) is 4.90 Å². The van der Waals surface area contributed by atoms with Crippen molar-refractivity contribution in [3.05, 3.63) is 70.0 Å². The van der Waals surface area contributed by atoms with Gasteiger partial charge >= 0.3 is 0 Å². The van der Waals surface area contributed by atoms with Gasteiger partial charge in [0.15, 0.2) is 0 Å². The Labute approximate surface area is 136 Å². The Kier molecular flexibility index (Phi) is 4.92. The molecule has 0 N–H and O–H groups in total. The second kappa shape index (κ2) is 6.35. The number of rotatable bonds is 2. The van der Waals surface area contributed by atoms with Gasteiger partial charge in [-0.3, -0.25) is 0 Å². The molecule has 2 atom stereocenters. The molecule has 112 valence electrons. The Balaban J connectivity index is 0.00000161. The molecule has 0 saturated carbocycles. The van der Waals surface area contributed by atoms with Gasteiger partial charge in [-0.2, -0.15) is 0 Å². The summed E-state index contributed by atoms with van der Waals surface area (Å²) in [6, 6.07) is 14.0. The molecule has 0 aliphatic heterocycles. The highest BCUT2D eigenvalue weighted by atomic mass is 35.5. The SMILES string of the molecule is CN(C)C1CC(c2ccc(F)c(Cl)c2)c2ccccc21.Cl. The summed E-state index contributed by atoms with van der Waals surface area (Å²) >= 11 is 5.93. The first-order chi connectivity index (χ1) is 9.58. The number of benzene rings is 2. The maximum Gasteiger partial charge on any atom is 0.141 e. The van der Waals surface area contributed by atoms with Crippen LogP contribution in [0.4, 0.5) is 4.39 Å². The summed E-state index contributed by atoms with van der Waals surface area (Å²) in [7, 11) is 4.20. The van der Waals surface area contributed by atoms with Crippen molar-refractivity contribution in [2.24, 2.45) is 0 Å². The van der Waals surface area contributed by atoms with Crippen molar-refractivity contribution < 1.29 is 4.39 Å². The smallest absolute Gasteiger partial charge is 0.141 e. The molecule has 0 saturated heterocycles. The molecule has 1 aliphatic rings. The minimum Gasteiger partial charge on any atom is -0.302 e. The summed E-state index contributed by atoms with van der Waals surface area (Å²) in [4.78, 5) is 2.24. The third-order valence-electron chi connectivity index (χ3n) is 4.16. The van der Waals surface area contributed by atoms with Gasteiger partial charge in [0.1, 0.15) is 5.82 Å². The van der Waals surface area contributed by atoms with Crippen molar-refractivity contribution in [2.75, 3.05) is 14.1 Å².